The number of amides is 1. The average Bonchev–Trinajstić information content (AvgIpc) is 3.28. The zero-order valence-corrected chi connectivity index (χ0v) is 22.8. The SMILES string of the molecule is C=C/C=N\c1c(C(=O)NC(C)c2nc3cccc(C#Cc4ccc(=O)[nH]c4)c3c(=O)n2-c2ccccc2)c(N)nn1C. The maximum atomic E-state index is 14.1. The molecule has 0 aliphatic rings. The molecule has 2 aromatic carbocycles. The van der Waals surface area contributed by atoms with Crippen LogP contribution in [-0.2, 0) is 7.05 Å². The van der Waals surface area contributed by atoms with E-state index in [1.54, 1.807) is 62.5 Å². The fourth-order valence-corrected chi connectivity index (χ4v) is 4.45. The van der Waals surface area contributed by atoms with Crippen molar-refractivity contribution in [1.29, 1.82) is 0 Å². The molecule has 0 aliphatic carbocycles. The molecule has 11 nitrogen and oxygen atoms in total. The number of nitrogens with one attached hydrogen (secondary N) is 2. The summed E-state index contributed by atoms with van der Waals surface area (Å²) in [6.07, 6.45) is 4.42. The molecule has 0 spiro atoms. The number of pyridine rings is 1. The van der Waals surface area contributed by atoms with Crippen LogP contribution in [0.2, 0.25) is 0 Å². The number of H-pyrrole nitrogens is 1. The van der Waals surface area contributed by atoms with Crippen LogP contribution in [-0.4, -0.2) is 36.4 Å². The highest BCUT2D eigenvalue weighted by Crippen LogP contribution is 2.26. The number of carbonyl (C=O) groups is 1. The Balaban J connectivity index is 1.63. The first kappa shape index (κ1) is 27.5. The Labute approximate surface area is 240 Å². The number of carbonyl (C=O) groups excluding carboxylic acids is 1. The fraction of sp³-hybridized carbons (Fsp3) is 0.0968. The highest BCUT2D eigenvalue weighted by molar-refractivity contribution is 6.03. The smallest absolute Gasteiger partial charge is 0.267 e. The van der Waals surface area contributed by atoms with E-state index in [2.05, 4.69) is 38.8 Å². The zero-order chi connectivity index (χ0) is 29.8. The Morgan fingerprint density at radius 3 is 2.62 bits per heavy atom. The van der Waals surface area contributed by atoms with E-state index >= 15 is 0 Å². The number of nitrogens with zero attached hydrogens (tertiary/aromatic N) is 5. The number of fused-ring (bicyclic) bond motifs is 1. The van der Waals surface area contributed by atoms with E-state index in [0.717, 1.165) is 0 Å². The number of aryl methyl sites for hydroxylation is 1. The van der Waals surface area contributed by atoms with Gasteiger partial charge in [-0.2, -0.15) is 5.10 Å². The molecular weight excluding hydrogens is 532 g/mol. The molecule has 3 aromatic heterocycles. The second-order valence-corrected chi connectivity index (χ2v) is 9.25. The first-order valence-corrected chi connectivity index (χ1v) is 12.9. The molecule has 0 radical (unpaired) electrons. The number of para-hydroxylation sites is 1. The summed E-state index contributed by atoms with van der Waals surface area (Å²) in [5.41, 5.74) is 7.58. The van der Waals surface area contributed by atoms with Crippen LogP contribution < -0.4 is 22.2 Å². The molecule has 208 valence electrons. The maximum Gasteiger partial charge on any atom is 0.267 e. The molecule has 42 heavy (non-hydrogen) atoms. The monoisotopic (exact) mass is 558 g/mol. The molecule has 0 fully saturated rings. The number of aromatic amines is 1. The Bertz CT molecular complexity index is 2020. The number of allylic oxidation sites excluding steroid dienone is 1. The summed E-state index contributed by atoms with van der Waals surface area (Å²) in [5, 5.41) is 7.34. The van der Waals surface area contributed by atoms with Crippen molar-refractivity contribution in [3.63, 3.8) is 0 Å². The van der Waals surface area contributed by atoms with E-state index in [9.17, 15) is 14.4 Å². The Morgan fingerprint density at radius 2 is 1.90 bits per heavy atom. The van der Waals surface area contributed by atoms with Crippen molar-refractivity contribution in [3.8, 4) is 17.5 Å². The number of anilines is 1. The number of hydrogen-bond donors (Lipinski definition) is 3. The molecule has 1 atom stereocenters. The van der Waals surface area contributed by atoms with Gasteiger partial charge < -0.3 is 16.0 Å². The molecule has 5 aromatic rings. The third kappa shape index (κ3) is 5.37. The summed E-state index contributed by atoms with van der Waals surface area (Å²) < 4.78 is 2.86. The predicted molar refractivity (Wildman–Crippen MR) is 162 cm³/mol. The highest BCUT2D eigenvalue weighted by atomic mass is 16.2. The van der Waals surface area contributed by atoms with E-state index in [0.29, 0.717) is 33.5 Å². The summed E-state index contributed by atoms with van der Waals surface area (Å²) in [6.45, 7) is 5.34. The van der Waals surface area contributed by atoms with Gasteiger partial charge in [-0.15, -0.1) is 0 Å². The Kier molecular flexibility index (Phi) is 7.61. The third-order valence-electron chi connectivity index (χ3n) is 6.37. The van der Waals surface area contributed by atoms with Crippen LogP contribution in [0.15, 0.2) is 94.1 Å². The first-order chi connectivity index (χ1) is 20.3. The second kappa shape index (κ2) is 11.6. The number of nitrogens with two attached hydrogens (primary N) is 1. The van der Waals surface area contributed by atoms with Crippen LogP contribution in [0.5, 0.6) is 0 Å². The van der Waals surface area contributed by atoms with E-state index in [4.69, 9.17) is 10.7 Å². The van der Waals surface area contributed by atoms with Gasteiger partial charge in [0.05, 0.1) is 22.6 Å². The Hall–Kier alpha value is -6.02. The van der Waals surface area contributed by atoms with Gasteiger partial charge in [0.15, 0.2) is 11.6 Å². The van der Waals surface area contributed by atoms with Crippen molar-refractivity contribution < 1.29 is 4.79 Å². The molecule has 11 heteroatoms. The van der Waals surface area contributed by atoms with Crippen molar-refractivity contribution in [2.45, 2.75) is 13.0 Å². The summed E-state index contributed by atoms with van der Waals surface area (Å²) in [7, 11) is 1.63. The van der Waals surface area contributed by atoms with Crippen LogP contribution in [0.1, 0.15) is 40.3 Å². The van der Waals surface area contributed by atoms with Crippen molar-refractivity contribution in [3.05, 3.63) is 123 Å². The normalized spacial score (nSPS) is 11.7. The first-order valence-electron chi connectivity index (χ1n) is 12.9. The number of aliphatic imine (C=N–C) groups is 1. The van der Waals surface area contributed by atoms with Crippen molar-refractivity contribution >= 4 is 34.7 Å². The standard InChI is InChI=1S/C31H26N8O3/c1-4-17-33-29-26(27(32)37-38(29)3)30(41)35-19(2)28-36-23-12-8-9-21(15-13-20-14-16-24(40)34-18-20)25(23)31(42)39(28)22-10-6-5-7-11-22/h4-12,14,16-19H,1H2,2-3H3,(H2,32,37)(H,34,40)(H,35,41)/b33-17-. The number of benzene rings is 2. The second-order valence-electron chi connectivity index (χ2n) is 9.25. The molecule has 0 bridgehead atoms. The van der Waals surface area contributed by atoms with Crippen molar-refractivity contribution in [2.24, 2.45) is 12.0 Å². The number of aromatic nitrogens is 5. The summed E-state index contributed by atoms with van der Waals surface area (Å²) in [4.78, 5) is 50.6. The van der Waals surface area contributed by atoms with Gasteiger partial charge >= 0.3 is 0 Å². The van der Waals surface area contributed by atoms with Crippen LogP contribution in [0.3, 0.4) is 0 Å². The van der Waals surface area contributed by atoms with Crippen LogP contribution in [0.25, 0.3) is 16.6 Å². The average molecular weight is 559 g/mol. The predicted octanol–water partition coefficient (Wildman–Crippen LogP) is 3.17. The van der Waals surface area contributed by atoms with Gasteiger partial charge in [-0.25, -0.2) is 14.7 Å². The number of hydrogen-bond acceptors (Lipinski definition) is 7. The van der Waals surface area contributed by atoms with Gasteiger partial charge in [-0.3, -0.25) is 19.0 Å². The van der Waals surface area contributed by atoms with Crippen molar-refractivity contribution in [1.82, 2.24) is 29.6 Å². The molecule has 5 rings (SSSR count). The lowest BCUT2D eigenvalue weighted by Gasteiger charge is -2.20. The molecule has 0 aliphatic heterocycles. The van der Waals surface area contributed by atoms with E-state index in [1.807, 2.05) is 6.07 Å². The minimum atomic E-state index is -0.735. The molecule has 1 amide bonds. The van der Waals surface area contributed by atoms with Crippen LogP contribution >= 0.6 is 0 Å². The van der Waals surface area contributed by atoms with Crippen LogP contribution in [0, 0.1) is 11.8 Å². The van der Waals surface area contributed by atoms with Gasteiger partial charge in [0.1, 0.15) is 11.4 Å². The van der Waals surface area contributed by atoms with Gasteiger partial charge in [-0.05, 0) is 37.3 Å². The van der Waals surface area contributed by atoms with Crippen molar-refractivity contribution in [2.75, 3.05) is 5.73 Å². The van der Waals surface area contributed by atoms with E-state index in [-0.39, 0.29) is 28.3 Å². The minimum Gasteiger partial charge on any atom is -0.381 e. The largest absolute Gasteiger partial charge is 0.381 e. The third-order valence-corrected chi connectivity index (χ3v) is 6.37. The topological polar surface area (TPSA) is 153 Å². The minimum absolute atomic E-state index is 0.0102. The summed E-state index contributed by atoms with van der Waals surface area (Å²) in [5.74, 6) is 6.07. The lowest BCUT2D eigenvalue weighted by Crippen LogP contribution is -2.33. The van der Waals surface area contributed by atoms with Gasteiger partial charge in [0, 0.05) is 36.7 Å². The van der Waals surface area contributed by atoms with Gasteiger partial charge in [0.25, 0.3) is 11.5 Å². The number of rotatable bonds is 6. The van der Waals surface area contributed by atoms with Crippen LogP contribution in [0.4, 0.5) is 11.6 Å². The van der Waals surface area contributed by atoms with E-state index in [1.165, 1.54) is 33.8 Å². The molecule has 0 saturated heterocycles. The van der Waals surface area contributed by atoms with Gasteiger partial charge in [0.2, 0.25) is 5.56 Å². The molecular formula is C31H26N8O3. The summed E-state index contributed by atoms with van der Waals surface area (Å²) >= 11 is 0. The maximum absolute atomic E-state index is 14.1. The molecule has 0 saturated carbocycles. The number of nitrogen functional groups attached to an aromatic ring is 1. The zero-order valence-electron chi connectivity index (χ0n) is 22.8. The fourth-order valence-electron chi connectivity index (χ4n) is 4.45. The molecule has 4 N–H and O–H groups in total. The van der Waals surface area contributed by atoms with Gasteiger partial charge in [-0.1, -0.05) is 48.8 Å². The lowest BCUT2D eigenvalue weighted by atomic mass is 10.1. The van der Waals surface area contributed by atoms with E-state index < -0.39 is 11.9 Å². The molecule has 1 unspecified atom stereocenters. The summed E-state index contributed by atoms with van der Waals surface area (Å²) in [6, 6.07) is 16.5. The molecule has 3 heterocycles. The Morgan fingerprint density at radius 1 is 1.12 bits per heavy atom. The highest BCUT2D eigenvalue weighted by Gasteiger charge is 2.25. The lowest BCUT2D eigenvalue weighted by molar-refractivity contribution is 0.0939. The quantitative estimate of drug-likeness (QED) is 0.215.